The first kappa shape index (κ1) is 14.9. The number of carboxylic acids is 1. The maximum absolute atomic E-state index is 12.2. The number of carbonyl (C=O) groups excluding carboxylic acids is 1. The van der Waals surface area contributed by atoms with Crippen molar-refractivity contribution in [3.05, 3.63) is 0 Å². The predicted octanol–water partition coefficient (Wildman–Crippen LogP) is 0.0955. The quantitative estimate of drug-likeness (QED) is 0.702. The van der Waals surface area contributed by atoms with E-state index in [1.54, 1.807) is 0 Å². The predicted molar refractivity (Wildman–Crippen MR) is 64.0 cm³/mol. The van der Waals surface area contributed by atoms with Gasteiger partial charge in [-0.25, -0.2) is 0 Å². The Morgan fingerprint density at radius 3 is 2.44 bits per heavy atom. The number of ether oxygens (including phenoxy) is 1. The van der Waals surface area contributed by atoms with E-state index in [4.69, 9.17) is 14.9 Å². The van der Waals surface area contributed by atoms with Crippen molar-refractivity contribution in [3.63, 3.8) is 0 Å². The van der Waals surface area contributed by atoms with Gasteiger partial charge in [-0.3, -0.25) is 9.59 Å². The lowest BCUT2D eigenvalue weighted by atomic mass is 9.90. The second kappa shape index (κ2) is 4.85. The van der Waals surface area contributed by atoms with Gasteiger partial charge < -0.3 is 19.8 Å². The van der Waals surface area contributed by atoms with E-state index in [0.717, 1.165) is 0 Å². The Labute approximate surface area is 107 Å². The van der Waals surface area contributed by atoms with E-state index in [0.29, 0.717) is 6.54 Å². The van der Waals surface area contributed by atoms with Crippen LogP contribution in [-0.4, -0.2) is 58.4 Å². The van der Waals surface area contributed by atoms with Gasteiger partial charge in [0.2, 0.25) is 5.91 Å². The van der Waals surface area contributed by atoms with Crippen molar-refractivity contribution in [3.8, 4) is 0 Å². The van der Waals surface area contributed by atoms with Gasteiger partial charge in [0.1, 0.15) is 5.41 Å². The van der Waals surface area contributed by atoms with Crippen LogP contribution in [0, 0.1) is 5.41 Å². The highest BCUT2D eigenvalue weighted by Gasteiger charge is 2.44. The smallest absolute Gasteiger partial charge is 0.318 e. The van der Waals surface area contributed by atoms with Crippen molar-refractivity contribution in [2.45, 2.75) is 39.4 Å². The normalized spacial score (nSPS) is 23.8. The Bertz CT molecular complexity index is 350. The molecule has 104 valence electrons. The standard InChI is InChI=1S/C12H21NO5/c1-11(2)7-13(5-8(6-14)18-11)9(15)12(3,4)10(16)17/h8,14H,5-7H2,1-4H3,(H,16,17). The first-order valence-electron chi connectivity index (χ1n) is 5.91. The zero-order chi connectivity index (χ0) is 14.1. The fraction of sp³-hybridized carbons (Fsp3) is 0.833. The van der Waals surface area contributed by atoms with Gasteiger partial charge >= 0.3 is 5.97 Å². The number of aliphatic hydroxyl groups excluding tert-OH is 1. The molecule has 1 amide bonds. The molecule has 1 heterocycles. The van der Waals surface area contributed by atoms with Crippen LogP contribution in [0.1, 0.15) is 27.7 Å². The molecule has 0 radical (unpaired) electrons. The molecular weight excluding hydrogens is 238 g/mol. The van der Waals surface area contributed by atoms with E-state index < -0.39 is 29.0 Å². The van der Waals surface area contributed by atoms with Gasteiger partial charge in [-0.2, -0.15) is 0 Å². The zero-order valence-corrected chi connectivity index (χ0v) is 11.3. The van der Waals surface area contributed by atoms with Crippen LogP contribution in [0.15, 0.2) is 0 Å². The molecule has 1 unspecified atom stereocenters. The summed E-state index contributed by atoms with van der Waals surface area (Å²) < 4.78 is 5.59. The lowest BCUT2D eigenvalue weighted by molar-refractivity contribution is -0.178. The van der Waals surface area contributed by atoms with Crippen LogP contribution in [0.2, 0.25) is 0 Å². The maximum Gasteiger partial charge on any atom is 0.318 e. The van der Waals surface area contributed by atoms with Crippen LogP contribution >= 0.6 is 0 Å². The van der Waals surface area contributed by atoms with E-state index in [1.165, 1.54) is 18.7 Å². The van der Waals surface area contributed by atoms with Crippen LogP contribution < -0.4 is 0 Å². The second-order valence-corrected chi connectivity index (χ2v) is 5.80. The van der Waals surface area contributed by atoms with Gasteiger partial charge in [0, 0.05) is 13.1 Å². The highest BCUT2D eigenvalue weighted by Crippen LogP contribution is 2.26. The minimum Gasteiger partial charge on any atom is -0.480 e. The number of hydrogen-bond donors (Lipinski definition) is 2. The molecule has 0 aromatic rings. The van der Waals surface area contributed by atoms with Crippen molar-refractivity contribution < 1.29 is 24.5 Å². The number of morpholine rings is 1. The fourth-order valence-electron chi connectivity index (χ4n) is 2.03. The average molecular weight is 259 g/mol. The zero-order valence-electron chi connectivity index (χ0n) is 11.3. The number of hydrogen-bond acceptors (Lipinski definition) is 4. The lowest BCUT2D eigenvalue weighted by Crippen LogP contribution is -2.58. The molecule has 6 nitrogen and oxygen atoms in total. The molecule has 6 heteroatoms. The van der Waals surface area contributed by atoms with Gasteiger partial charge in [-0.05, 0) is 27.7 Å². The Morgan fingerprint density at radius 2 is 2.00 bits per heavy atom. The van der Waals surface area contributed by atoms with Crippen LogP contribution in [0.4, 0.5) is 0 Å². The summed E-state index contributed by atoms with van der Waals surface area (Å²) in [4.78, 5) is 24.8. The number of aliphatic hydroxyl groups is 1. The summed E-state index contributed by atoms with van der Waals surface area (Å²) in [6.45, 7) is 6.73. The van der Waals surface area contributed by atoms with Crippen molar-refractivity contribution >= 4 is 11.9 Å². The number of amides is 1. The molecule has 0 aliphatic carbocycles. The Hall–Kier alpha value is -1.14. The third-order valence-electron chi connectivity index (χ3n) is 3.04. The Kier molecular flexibility index (Phi) is 4.02. The van der Waals surface area contributed by atoms with Gasteiger partial charge in [-0.1, -0.05) is 0 Å². The highest BCUT2D eigenvalue weighted by atomic mass is 16.5. The van der Waals surface area contributed by atoms with E-state index in [2.05, 4.69) is 0 Å². The van der Waals surface area contributed by atoms with E-state index in [1.807, 2.05) is 13.8 Å². The van der Waals surface area contributed by atoms with E-state index >= 15 is 0 Å². The number of carboxylic acid groups (broad SMARTS) is 1. The van der Waals surface area contributed by atoms with Gasteiger partial charge in [0.05, 0.1) is 18.3 Å². The maximum atomic E-state index is 12.2. The van der Waals surface area contributed by atoms with Crippen molar-refractivity contribution in [2.24, 2.45) is 5.41 Å². The van der Waals surface area contributed by atoms with Crippen LogP contribution in [0.3, 0.4) is 0 Å². The molecule has 0 aromatic carbocycles. The third-order valence-corrected chi connectivity index (χ3v) is 3.04. The molecular formula is C12H21NO5. The molecule has 0 bridgehead atoms. The molecule has 1 fully saturated rings. The summed E-state index contributed by atoms with van der Waals surface area (Å²) in [5.41, 5.74) is -2.05. The highest BCUT2D eigenvalue weighted by molar-refractivity contribution is 6.01. The minimum absolute atomic E-state index is 0.194. The van der Waals surface area contributed by atoms with Crippen molar-refractivity contribution in [1.82, 2.24) is 4.90 Å². The largest absolute Gasteiger partial charge is 0.480 e. The Balaban J connectivity index is 2.89. The van der Waals surface area contributed by atoms with E-state index in [-0.39, 0.29) is 13.2 Å². The van der Waals surface area contributed by atoms with Crippen molar-refractivity contribution in [2.75, 3.05) is 19.7 Å². The molecule has 0 saturated carbocycles. The first-order chi connectivity index (χ1) is 8.10. The third kappa shape index (κ3) is 3.00. The molecule has 1 saturated heterocycles. The van der Waals surface area contributed by atoms with E-state index in [9.17, 15) is 9.59 Å². The number of rotatable bonds is 3. The minimum atomic E-state index is -1.46. The Morgan fingerprint density at radius 1 is 1.44 bits per heavy atom. The lowest BCUT2D eigenvalue weighted by Gasteiger charge is -2.43. The fourth-order valence-corrected chi connectivity index (χ4v) is 2.03. The van der Waals surface area contributed by atoms with Gasteiger partial charge in [-0.15, -0.1) is 0 Å². The summed E-state index contributed by atoms with van der Waals surface area (Å²) in [7, 11) is 0. The molecule has 0 spiro atoms. The summed E-state index contributed by atoms with van der Waals surface area (Å²) in [6.07, 6.45) is -0.470. The van der Waals surface area contributed by atoms with Gasteiger partial charge in [0.15, 0.2) is 0 Å². The van der Waals surface area contributed by atoms with Crippen molar-refractivity contribution in [1.29, 1.82) is 0 Å². The molecule has 1 atom stereocenters. The first-order valence-corrected chi connectivity index (χ1v) is 5.91. The summed E-state index contributed by atoms with van der Waals surface area (Å²) in [5, 5.41) is 18.2. The molecule has 1 rings (SSSR count). The average Bonchev–Trinajstić information content (AvgIpc) is 2.25. The SMILES string of the molecule is CC1(C)CN(C(=O)C(C)(C)C(=O)O)CC(CO)O1. The summed E-state index contributed by atoms with van der Waals surface area (Å²) in [6, 6.07) is 0. The molecule has 1 aliphatic heterocycles. The number of aliphatic carboxylic acids is 1. The number of carbonyl (C=O) groups is 2. The molecule has 18 heavy (non-hydrogen) atoms. The second-order valence-electron chi connectivity index (χ2n) is 5.80. The molecule has 1 aliphatic rings. The molecule has 2 N–H and O–H groups in total. The summed E-state index contributed by atoms with van der Waals surface area (Å²) in [5.74, 6) is -1.61. The van der Waals surface area contributed by atoms with Crippen LogP contribution in [0.25, 0.3) is 0 Å². The van der Waals surface area contributed by atoms with Crippen LogP contribution in [0.5, 0.6) is 0 Å². The summed E-state index contributed by atoms with van der Waals surface area (Å²) >= 11 is 0. The number of nitrogens with zero attached hydrogens (tertiary/aromatic N) is 1. The van der Waals surface area contributed by atoms with Crippen LogP contribution in [-0.2, 0) is 14.3 Å². The van der Waals surface area contributed by atoms with Gasteiger partial charge in [0.25, 0.3) is 0 Å². The monoisotopic (exact) mass is 259 g/mol. The molecule has 0 aromatic heterocycles. The topological polar surface area (TPSA) is 87.1 Å².